The van der Waals surface area contributed by atoms with Crippen LogP contribution in [0, 0.1) is 0 Å². The second-order valence-corrected chi connectivity index (χ2v) is 6.97. The standard InChI is InChI=1S/C21H16N2O7/c1-3-30-15(25)9-23-20(28)13-6-4-11-16-12(5-7-14(17(13)16)21(23)29)19(27)22(18(11)26)8-10(2)24/h4-7H,3,8-9H2,1-2H3. The lowest BCUT2D eigenvalue weighted by Gasteiger charge is -2.31. The summed E-state index contributed by atoms with van der Waals surface area (Å²) in [6.07, 6.45) is 0. The number of hydrogen-bond acceptors (Lipinski definition) is 7. The first-order valence-electron chi connectivity index (χ1n) is 9.23. The Morgan fingerprint density at radius 1 is 0.733 bits per heavy atom. The zero-order chi connectivity index (χ0) is 21.7. The van der Waals surface area contributed by atoms with E-state index < -0.39 is 36.1 Å². The molecule has 0 radical (unpaired) electrons. The average Bonchev–Trinajstić information content (AvgIpc) is 2.70. The smallest absolute Gasteiger partial charge is 0.326 e. The molecule has 9 nitrogen and oxygen atoms in total. The molecular weight excluding hydrogens is 392 g/mol. The van der Waals surface area contributed by atoms with Gasteiger partial charge in [-0.3, -0.25) is 38.6 Å². The highest BCUT2D eigenvalue weighted by Gasteiger charge is 2.40. The number of rotatable bonds is 5. The van der Waals surface area contributed by atoms with E-state index in [4.69, 9.17) is 4.74 Å². The molecule has 4 rings (SSSR count). The molecule has 2 heterocycles. The first-order valence-corrected chi connectivity index (χ1v) is 9.23. The van der Waals surface area contributed by atoms with Crippen LogP contribution in [-0.2, 0) is 14.3 Å². The van der Waals surface area contributed by atoms with Gasteiger partial charge in [0.05, 0.1) is 13.2 Å². The zero-order valence-electron chi connectivity index (χ0n) is 16.2. The maximum absolute atomic E-state index is 12.9. The lowest BCUT2D eigenvalue weighted by molar-refractivity contribution is -0.143. The van der Waals surface area contributed by atoms with Crippen molar-refractivity contribution >= 4 is 46.2 Å². The SMILES string of the molecule is CCOC(=O)CN1C(=O)c2ccc3c4c(ccc(c24)C1=O)C(=O)N(CC(C)=O)C3=O. The Bertz CT molecular complexity index is 1130. The monoisotopic (exact) mass is 408 g/mol. The molecule has 0 spiro atoms. The summed E-state index contributed by atoms with van der Waals surface area (Å²) < 4.78 is 4.83. The van der Waals surface area contributed by atoms with Crippen molar-refractivity contribution in [2.45, 2.75) is 13.8 Å². The van der Waals surface area contributed by atoms with Crippen molar-refractivity contribution in [1.82, 2.24) is 9.80 Å². The lowest BCUT2D eigenvalue weighted by Crippen LogP contribution is -2.45. The van der Waals surface area contributed by atoms with Crippen LogP contribution in [-0.4, -0.2) is 64.9 Å². The van der Waals surface area contributed by atoms with E-state index in [0.29, 0.717) is 0 Å². The van der Waals surface area contributed by atoms with E-state index in [9.17, 15) is 28.8 Å². The van der Waals surface area contributed by atoms with E-state index in [-0.39, 0.29) is 52.0 Å². The van der Waals surface area contributed by atoms with Gasteiger partial charge in [-0.2, -0.15) is 0 Å². The Morgan fingerprint density at radius 2 is 1.10 bits per heavy atom. The van der Waals surface area contributed by atoms with Crippen LogP contribution < -0.4 is 0 Å². The van der Waals surface area contributed by atoms with E-state index in [0.717, 1.165) is 9.80 Å². The van der Waals surface area contributed by atoms with Gasteiger partial charge < -0.3 is 4.74 Å². The van der Waals surface area contributed by atoms with Crippen LogP contribution >= 0.6 is 0 Å². The summed E-state index contributed by atoms with van der Waals surface area (Å²) in [5.74, 6) is -3.84. The fourth-order valence-corrected chi connectivity index (χ4v) is 3.82. The van der Waals surface area contributed by atoms with E-state index in [1.54, 1.807) is 6.92 Å². The van der Waals surface area contributed by atoms with E-state index >= 15 is 0 Å². The summed E-state index contributed by atoms with van der Waals surface area (Å²) in [7, 11) is 0. The second kappa shape index (κ2) is 6.87. The Kier molecular flexibility index (Phi) is 4.45. The molecule has 0 atom stereocenters. The van der Waals surface area contributed by atoms with Crippen molar-refractivity contribution in [3.63, 3.8) is 0 Å². The molecule has 2 aliphatic heterocycles. The highest BCUT2D eigenvalue weighted by Crippen LogP contribution is 2.37. The first-order chi connectivity index (χ1) is 14.3. The van der Waals surface area contributed by atoms with Gasteiger partial charge in [-0.15, -0.1) is 0 Å². The number of ketones is 1. The molecule has 0 fully saturated rings. The molecule has 9 heteroatoms. The van der Waals surface area contributed by atoms with Gasteiger partial charge in [0, 0.05) is 33.0 Å². The van der Waals surface area contributed by atoms with E-state index in [2.05, 4.69) is 0 Å². The molecule has 2 aromatic carbocycles. The molecule has 0 saturated carbocycles. The molecule has 2 aliphatic rings. The molecule has 0 bridgehead atoms. The number of imide groups is 2. The summed E-state index contributed by atoms with van der Waals surface area (Å²) in [5, 5.41) is 0.404. The van der Waals surface area contributed by atoms with Crippen LogP contribution in [0.5, 0.6) is 0 Å². The predicted octanol–water partition coefficient (Wildman–Crippen LogP) is 1.18. The molecule has 152 valence electrons. The van der Waals surface area contributed by atoms with Gasteiger partial charge in [0.2, 0.25) is 0 Å². The molecule has 0 N–H and O–H groups in total. The Labute approximate surface area is 170 Å². The Hall–Kier alpha value is -3.88. The second-order valence-electron chi connectivity index (χ2n) is 6.97. The number of ether oxygens (including phenoxy) is 1. The maximum atomic E-state index is 12.9. The third kappa shape index (κ3) is 2.70. The van der Waals surface area contributed by atoms with Crippen LogP contribution in [0.3, 0.4) is 0 Å². The summed E-state index contributed by atoms with van der Waals surface area (Å²) in [5.41, 5.74) is 0.474. The van der Waals surface area contributed by atoms with Crippen molar-refractivity contribution in [1.29, 1.82) is 0 Å². The molecule has 2 aromatic rings. The molecule has 4 amide bonds. The number of amides is 4. The number of carbonyl (C=O) groups excluding carboxylic acids is 6. The molecule has 30 heavy (non-hydrogen) atoms. The summed E-state index contributed by atoms with van der Waals surface area (Å²) in [6, 6.07) is 5.56. The minimum absolute atomic E-state index is 0.106. The van der Waals surface area contributed by atoms with Crippen molar-refractivity contribution in [2.75, 3.05) is 19.7 Å². The highest BCUT2D eigenvalue weighted by molar-refractivity contribution is 6.33. The number of Topliss-reactive ketones (excluding diaryl/α,β-unsaturated/α-hetero) is 1. The van der Waals surface area contributed by atoms with Crippen LogP contribution in [0.2, 0.25) is 0 Å². The van der Waals surface area contributed by atoms with E-state index in [1.165, 1.54) is 31.2 Å². The predicted molar refractivity (Wildman–Crippen MR) is 102 cm³/mol. The minimum atomic E-state index is -0.724. The van der Waals surface area contributed by atoms with Gasteiger partial charge in [0.25, 0.3) is 23.6 Å². The normalized spacial score (nSPS) is 15.1. The number of carbonyl (C=O) groups is 6. The topological polar surface area (TPSA) is 118 Å². The lowest BCUT2D eigenvalue weighted by atomic mass is 9.86. The van der Waals surface area contributed by atoms with Gasteiger partial charge in [0.15, 0.2) is 0 Å². The van der Waals surface area contributed by atoms with Crippen molar-refractivity contribution in [3.8, 4) is 0 Å². The minimum Gasteiger partial charge on any atom is -0.465 e. The van der Waals surface area contributed by atoms with Crippen LogP contribution in [0.15, 0.2) is 24.3 Å². The van der Waals surface area contributed by atoms with E-state index in [1.807, 2.05) is 0 Å². The largest absolute Gasteiger partial charge is 0.465 e. The highest BCUT2D eigenvalue weighted by atomic mass is 16.5. The quantitative estimate of drug-likeness (QED) is 0.538. The molecule has 0 saturated heterocycles. The van der Waals surface area contributed by atoms with Gasteiger partial charge in [0.1, 0.15) is 12.3 Å². The Balaban J connectivity index is 1.89. The fraction of sp³-hybridized carbons (Fsp3) is 0.238. The van der Waals surface area contributed by atoms with Gasteiger partial charge >= 0.3 is 5.97 Å². The Morgan fingerprint density at radius 3 is 1.43 bits per heavy atom. The third-order valence-electron chi connectivity index (χ3n) is 5.04. The average molecular weight is 408 g/mol. The third-order valence-corrected chi connectivity index (χ3v) is 5.04. The van der Waals surface area contributed by atoms with Gasteiger partial charge in [-0.25, -0.2) is 0 Å². The van der Waals surface area contributed by atoms with Gasteiger partial charge in [-0.05, 0) is 38.1 Å². The zero-order valence-corrected chi connectivity index (χ0v) is 16.2. The van der Waals surface area contributed by atoms with Crippen LogP contribution in [0.25, 0.3) is 10.8 Å². The summed E-state index contributed by atoms with van der Waals surface area (Å²) >= 11 is 0. The van der Waals surface area contributed by atoms with Crippen molar-refractivity contribution in [3.05, 3.63) is 46.5 Å². The fourth-order valence-electron chi connectivity index (χ4n) is 3.82. The maximum Gasteiger partial charge on any atom is 0.326 e. The van der Waals surface area contributed by atoms with Crippen LogP contribution in [0.1, 0.15) is 55.3 Å². The summed E-state index contributed by atoms with van der Waals surface area (Å²) in [4.78, 5) is 76.5. The van der Waals surface area contributed by atoms with Crippen molar-refractivity contribution in [2.24, 2.45) is 0 Å². The molecule has 0 aromatic heterocycles. The number of benzene rings is 2. The van der Waals surface area contributed by atoms with Gasteiger partial charge in [-0.1, -0.05) is 0 Å². The number of esters is 1. The van der Waals surface area contributed by atoms with Crippen LogP contribution in [0.4, 0.5) is 0 Å². The first kappa shape index (κ1) is 19.4. The number of nitrogens with zero attached hydrogens (tertiary/aromatic N) is 2. The molecule has 0 unspecified atom stereocenters. The molecular formula is C21H16N2O7. The van der Waals surface area contributed by atoms with Crippen molar-refractivity contribution < 1.29 is 33.5 Å². The summed E-state index contributed by atoms with van der Waals surface area (Å²) in [6.45, 7) is 2.08. The molecule has 0 aliphatic carbocycles. The number of hydrogen-bond donors (Lipinski definition) is 0.